The molecule has 1 saturated carbocycles. The molecular weight excluding hydrogens is 236 g/mol. The topological polar surface area (TPSA) is 52.0 Å². The Bertz CT molecular complexity index is 429. The van der Waals surface area contributed by atoms with E-state index in [0.29, 0.717) is 6.04 Å². The van der Waals surface area contributed by atoms with E-state index in [9.17, 15) is 5.26 Å². The van der Waals surface area contributed by atoms with Gasteiger partial charge >= 0.3 is 0 Å². The van der Waals surface area contributed by atoms with Crippen LogP contribution in [0.4, 0.5) is 0 Å². The Morgan fingerprint density at radius 2 is 2.05 bits per heavy atom. The molecular formula is C15H22N4. The van der Waals surface area contributed by atoms with Crippen LogP contribution in [0.3, 0.4) is 0 Å². The van der Waals surface area contributed by atoms with E-state index in [1.54, 1.807) is 0 Å². The fourth-order valence-electron chi connectivity index (χ4n) is 2.86. The van der Waals surface area contributed by atoms with Gasteiger partial charge in [0.15, 0.2) is 0 Å². The molecule has 19 heavy (non-hydrogen) atoms. The highest BCUT2D eigenvalue weighted by Crippen LogP contribution is 2.30. The predicted octanol–water partition coefficient (Wildman–Crippen LogP) is 1.94. The highest BCUT2D eigenvalue weighted by molar-refractivity contribution is 5.11. The summed E-state index contributed by atoms with van der Waals surface area (Å²) in [4.78, 5) is 6.44. The van der Waals surface area contributed by atoms with Gasteiger partial charge in [-0.25, -0.2) is 0 Å². The third-order valence-electron chi connectivity index (χ3n) is 4.31. The van der Waals surface area contributed by atoms with Gasteiger partial charge in [0.05, 0.1) is 6.07 Å². The Kier molecular flexibility index (Phi) is 4.52. The van der Waals surface area contributed by atoms with Crippen molar-refractivity contribution in [1.82, 2.24) is 15.2 Å². The van der Waals surface area contributed by atoms with Crippen LogP contribution in [0.15, 0.2) is 24.5 Å². The number of nitriles is 1. The molecule has 0 unspecified atom stereocenters. The standard InChI is InChI=1S/C15H22N4/c1-17-15(12-16)7-3-14(4-8-15)19(2)11-13-5-9-18-10-6-13/h5-6,9-10,14,17H,3-4,7-8,11H2,1-2H3. The first-order chi connectivity index (χ1) is 9.19. The lowest BCUT2D eigenvalue weighted by Gasteiger charge is -2.38. The summed E-state index contributed by atoms with van der Waals surface area (Å²) in [6.45, 7) is 0.951. The predicted molar refractivity (Wildman–Crippen MR) is 75.4 cm³/mol. The molecule has 2 rings (SSSR count). The maximum atomic E-state index is 9.27. The summed E-state index contributed by atoms with van der Waals surface area (Å²) in [5.41, 5.74) is 0.997. The van der Waals surface area contributed by atoms with Gasteiger partial charge in [-0.05, 0) is 57.5 Å². The highest BCUT2D eigenvalue weighted by Gasteiger charge is 2.35. The van der Waals surface area contributed by atoms with Crippen molar-refractivity contribution in [2.75, 3.05) is 14.1 Å². The van der Waals surface area contributed by atoms with Crippen molar-refractivity contribution in [1.29, 1.82) is 5.26 Å². The average Bonchev–Trinajstić information content (AvgIpc) is 2.48. The van der Waals surface area contributed by atoms with Gasteiger partial charge in [-0.3, -0.25) is 9.88 Å². The smallest absolute Gasteiger partial charge is 0.106 e. The first-order valence-corrected chi connectivity index (χ1v) is 6.88. The molecule has 1 fully saturated rings. The van der Waals surface area contributed by atoms with E-state index in [2.05, 4.69) is 40.5 Å². The van der Waals surface area contributed by atoms with Crippen LogP contribution in [0.2, 0.25) is 0 Å². The molecule has 0 bridgehead atoms. The number of pyridine rings is 1. The molecule has 1 aromatic heterocycles. The van der Waals surface area contributed by atoms with Crippen LogP contribution in [0.5, 0.6) is 0 Å². The fourth-order valence-corrected chi connectivity index (χ4v) is 2.86. The molecule has 0 amide bonds. The fraction of sp³-hybridized carbons (Fsp3) is 0.600. The zero-order valence-corrected chi connectivity index (χ0v) is 11.8. The number of hydrogen-bond acceptors (Lipinski definition) is 4. The van der Waals surface area contributed by atoms with Gasteiger partial charge in [-0.2, -0.15) is 5.26 Å². The summed E-state index contributed by atoms with van der Waals surface area (Å²) in [5.74, 6) is 0. The van der Waals surface area contributed by atoms with Crippen molar-refractivity contribution in [3.8, 4) is 6.07 Å². The minimum absolute atomic E-state index is 0.298. The Morgan fingerprint density at radius 3 is 2.58 bits per heavy atom. The van der Waals surface area contributed by atoms with Crippen molar-refractivity contribution < 1.29 is 0 Å². The molecule has 4 heteroatoms. The van der Waals surface area contributed by atoms with E-state index in [-0.39, 0.29) is 5.54 Å². The molecule has 1 heterocycles. The molecule has 4 nitrogen and oxygen atoms in total. The summed E-state index contributed by atoms with van der Waals surface area (Å²) >= 11 is 0. The molecule has 1 aromatic rings. The monoisotopic (exact) mass is 258 g/mol. The third kappa shape index (κ3) is 3.31. The summed E-state index contributed by atoms with van der Waals surface area (Å²) in [7, 11) is 4.06. The average molecular weight is 258 g/mol. The number of hydrogen-bond donors (Lipinski definition) is 1. The second-order valence-electron chi connectivity index (χ2n) is 5.45. The SMILES string of the molecule is CNC1(C#N)CCC(N(C)Cc2ccncc2)CC1. The lowest BCUT2D eigenvalue weighted by atomic mass is 9.80. The Balaban J connectivity index is 1.89. The van der Waals surface area contributed by atoms with Gasteiger partial charge in [0, 0.05) is 25.0 Å². The van der Waals surface area contributed by atoms with Crippen LogP contribution >= 0.6 is 0 Å². The molecule has 0 radical (unpaired) electrons. The van der Waals surface area contributed by atoms with E-state index >= 15 is 0 Å². The quantitative estimate of drug-likeness (QED) is 0.896. The van der Waals surface area contributed by atoms with Crippen LogP contribution in [0.25, 0.3) is 0 Å². The molecule has 0 aliphatic heterocycles. The van der Waals surface area contributed by atoms with Crippen molar-refractivity contribution in [2.45, 2.75) is 43.8 Å². The van der Waals surface area contributed by atoms with E-state index in [1.807, 2.05) is 19.4 Å². The van der Waals surface area contributed by atoms with E-state index < -0.39 is 0 Å². The zero-order valence-electron chi connectivity index (χ0n) is 11.8. The Hall–Kier alpha value is -1.44. The van der Waals surface area contributed by atoms with Gasteiger partial charge in [-0.15, -0.1) is 0 Å². The van der Waals surface area contributed by atoms with Gasteiger partial charge < -0.3 is 5.32 Å². The van der Waals surface area contributed by atoms with Crippen molar-refractivity contribution in [3.05, 3.63) is 30.1 Å². The second-order valence-corrected chi connectivity index (χ2v) is 5.45. The van der Waals surface area contributed by atoms with E-state index in [0.717, 1.165) is 32.2 Å². The Labute approximate surface area is 115 Å². The van der Waals surface area contributed by atoms with Crippen LogP contribution in [-0.4, -0.2) is 35.6 Å². The largest absolute Gasteiger partial charge is 0.302 e. The van der Waals surface area contributed by atoms with Gasteiger partial charge in [0.1, 0.15) is 5.54 Å². The second kappa shape index (κ2) is 6.14. The molecule has 0 spiro atoms. The highest BCUT2D eigenvalue weighted by atomic mass is 15.1. The lowest BCUT2D eigenvalue weighted by Crippen LogP contribution is -2.48. The molecule has 1 aliphatic carbocycles. The number of aromatic nitrogens is 1. The van der Waals surface area contributed by atoms with Gasteiger partial charge in [-0.1, -0.05) is 0 Å². The summed E-state index contributed by atoms with van der Waals surface area (Å²) in [5, 5.41) is 12.5. The normalized spacial score (nSPS) is 27.2. The summed E-state index contributed by atoms with van der Waals surface area (Å²) < 4.78 is 0. The summed E-state index contributed by atoms with van der Waals surface area (Å²) in [6, 6.07) is 7.13. The van der Waals surface area contributed by atoms with Crippen molar-refractivity contribution in [3.63, 3.8) is 0 Å². The number of nitrogens with one attached hydrogen (secondary N) is 1. The minimum Gasteiger partial charge on any atom is -0.302 e. The van der Waals surface area contributed by atoms with E-state index in [1.165, 1.54) is 5.56 Å². The van der Waals surface area contributed by atoms with E-state index in [4.69, 9.17) is 0 Å². The van der Waals surface area contributed by atoms with Crippen molar-refractivity contribution >= 4 is 0 Å². The summed E-state index contributed by atoms with van der Waals surface area (Å²) in [6.07, 6.45) is 7.71. The van der Waals surface area contributed by atoms with Gasteiger partial charge in [0.2, 0.25) is 0 Å². The maximum absolute atomic E-state index is 9.27. The van der Waals surface area contributed by atoms with Crippen LogP contribution in [0, 0.1) is 11.3 Å². The molecule has 102 valence electrons. The molecule has 1 N–H and O–H groups in total. The Morgan fingerprint density at radius 1 is 1.42 bits per heavy atom. The van der Waals surface area contributed by atoms with Crippen LogP contribution < -0.4 is 5.32 Å². The molecule has 0 saturated heterocycles. The minimum atomic E-state index is -0.298. The van der Waals surface area contributed by atoms with Crippen molar-refractivity contribution in [2.24, 2.45) is 0 Å². The zero-order chi connectivity index (χ0) is 13.7. The maximum Gasteiger partial charge on any atom is 0.106 e. The number of rotatable bonds is 4. The van der Waals surface area contributed by atoms with Crippen LogP contribution in [-0.2, 0) is 6.54 Å². The lowest BCUT2D eigenvalue weighted by molar-refractivity contribution is 0.151. The third-order valence-corrected chi connectivity index (χ3v) is 4.31. The molecule has 0 atom stereocenters. The van der Waals surface area contributed by atoms with Gasteiger partial charge in [0.25, 0.3) is 0 Å². The molecule has 1 aliphatic rings. The first kappa shape index (κ1) is 14.0. The molecule has 0 aromatic carbocycles. The first-order valence-electron chi connectivity index (χ1n) is 6.88. The van der Waals surface area contributed by atoms with Crippen LogP contribution in [0.1, 0.15) is 31.2 Å². The number of nitrogens with zero attached hydrogens (tertiary/aromatic N) is 3.